The minimum absolute atomic E-state index is 0.183. The van der Waals surface area contributed by atoms with Gasteiger partial charge in [-0.15, -0.1) is 0 Å². The molecule has 1 atom stereocenters. The number of methoxy groups -OCH3 is 1. The predicted molar refractivity (Wildman–Crippen MR) is 127 cm³/mol. The molecular weight excluding hydrogens is 435 g/mol. The second-order valence-electron chi connectivity index (χ2n) is 8.47. The summed E-state index contributed by atoms with van der Waals surface area (Å²) in [7, 11) is 1.63. The van der Waals surface area contributed by atoms with Gasteiger partial charge in [0.2, 0.25) is 5.91 Å². The van der Waals surface area contributed by atoms with E-state index in [4.69, 9.17) is 9.47 Å². The first-order valence-corrected chi connectivity index (χ1v) is 11.1. The van der Waals surface area contributed by atoms with Crippen LogP contribution in [0.25, 0.3) is 11.8 Å². The Bertz CT molecular complexity index is 1280. The van der Waals surface area contributed by atoms with Crippen LogP contribution < -0.4 is 4.74 Å². The maximum absolute atomic E-state index is 13.6. The number of fused-ring (bicyclic) bond motifs is 1. The first kappa shape index (κ1) is 22.0. The maximum Gasteiger partial charge on any atom is 0.250 e. The molecule has 1 aromatic heterocycles. The van der Waals surface area contributed by atoms with Crippen molar-refractivity contribution < 1.29 is 18.7 Å². The molecule has 0 spiro atoms. The van der Waals surface area contributed by atoms with Crippen molar-refractivity contribution in [1.29, 1.82) is 0 Å². The van der Waals surface area contributed by atoms with Gasteiger partial charge in [-0.2, -0.15) is 4.99 Å². The number of hydrogen-bond acceptors (Lipinski definition) is 5. The maximum atomic E-state index is 13.6. The lowest BCUT2D eigenvalue weighted by Crippen LogP contribution is -2.59. The molecule has 2 aliphatic heterocycles. The highest BCUT2D eigenvalue weighted by molar-refractivity contribution is 6.06. The summed E-state index contributed by atoms with van der Waals surface area (Å²) in [5, 5.41) is 0. The summed E-state index contributed by atoms with van der Waals surface area (Å²) in [5.74, 6) is 0.724. The molecule has 8 heteroatoms. The van der Waals surface area contributed by atoms with Crippen LogP contribution in [0.15, 0.2) is 66.1 Å². The fraction of sp³-hybridized carbons (Fsp3) is 0.269. The first-order chi connectivity index (χ1) is 16.5. The van der Waals surface area contributed by atoms with E-state index in [0.717, 1.165) is 22.5 Å². The number of rotatable bonds is 5. The molecule has 3 heterocycles. The van der Waals surface area contributed by atoms with Crippen LogP contribution in [0.4, 0.5) is 4.39 Å². The molecule has 1 amide bonds. The van der Waals surface area contributed by atoms with E-state index in [9.17, 15) is 9.18 Å². The van der Waals surface area contributed by atoms with Crippen LogP contribution in [0.1, 0.15) is 23.2 Å². The molecule has 0 N–H and O–H groups in total. The molecule has 2 aromatic carbocycles. The number of carbonyl (C=O) groups excluding carboxylic acids is 1. The molecule has 7 nitrogen and oxygen atoms in total. The van der Waals surface area contributed by atoms with Crippen molar-refractivity contribution in [2.24, 2.45) is 4.99 Å². The minimum Gasteiger partial charge on any atom is -0.495 e. The Kier molecular flexibility index (Phi) is 5.75. The topological polar surface area (TPSA) is 69.0 Å². The van der Waals surface area contributed by atoms with Crippen LogP contribution in [-0.4, -0.2) is 53.1 Å². The highest BCUT2D eigenvalue weighted by Crippen LogP contribution is 2.38. The van der Waals surface area contributed by atoms with E-state index >= 15 is 0 Å². The molecule has 2 aliphatic rings. The Labute approximate surface area is 197 Å². The predicted octanol–water partition coefficient (Wildman–Crippen LogP) is 3.90. The zero-order valence-corrected chi connectivity index (χ0v) is 19.1. The number of carbonyl (C=O) groups is 1. The second kappa shape index (κ2) is 8.87. The third kappa shape index (κ3) is 4.01. The van der Waals surface area contributed by atoms with Crippen LogP contribution in [0.5, 0.6) is 5.75 Å². The number of benzene rings is 2. The van der Waals surface area contributed by atoms with Crippen molar-refractivity contribution in [3.05, 3.63) is 83.7 Å². The quantitative estimate of drug-likeness (QED) is 0.578. The molecular formula is C26H25FN4O3. The van der Waals surface area contributed by atoms with Gasteiger partial charge >= 0.3 is 0 Å². The van der Waals surface area contributed by atoms with Crippen LogP contribution in [0.3, 0.4) is 0 Å². The van der Waals surface area contributed by atoms with Gasteiger partial charge in [0.05, 0.1) is 50.0 Å². The Balaban J connectivity index is 1.47. The number of aryl methyl sites for hydroxylation is 1. The summed E-state index contributed by atoms with van der Waals surface area (Å²) in [5.41, 5.74) is 2.84. The Morgan fingerprint density at radius 1 is 1.18 bits per heavy atom. The van der Waals surface area contributed by atoms with Crippen LogP contribution in [0, 0.1) is 12.7 Å². The lowest BCUT2D eigenvalue weighted by Gasteiger charge is -2.49. The number of amidine groups is 1. The molecule has 0 radical (unpaired) electrons. The summed E-state index contributed by atoms with van der Waals surface area (Å²) >= 11 is 0. The summed E-state index contributed by atoms with van der Waals surface area (Å²) in [6, 6.07) is 12.1. The number of nitrogens with zero attached hydrogens (tertiary/aromatic N) is 4. The van der Waals surface area contributed by atoms with Gasteiger partial charge < -0.3 is 18.9 Å². The smallest absolute Gasteiger partial charge is 0.250 e. The van der Waals surface area contributed by atoms with Gasteiger partial charge in [-0.25, -0.2) is 9.37 Å². The normalized spacial score (nSPS) is 20.4. The Hall–Kier alpha value is -3.78. The lowest BCUT2D eigenvalue weighted by molar-refractivity contribution is -0.126. The van der Waals surface area contributed by atoms with Crippen molar-refractivity contribution >= 4 is 17.8 Å². The lowest BCUT2D eigenvalue weighted by atomic mass is 9.82. The highest BCUT2D eigenvalue weighted by Gasteiger charge is 2.46. The zero-order chi connectivity index (χ0) is 23.7. The van der Waals surface area contributed by atoms with E-state index in [1.54, 1.807) is 25.6 Å². The molecule has 0 saturated carbocycles. The van der Waals surface area contributed by atoms with Gasteiger partial charge in [-0.1, -0.05) is 24.3 Å². The van der Waals surface area contributed by atoms with Crippen molar-refractivity contribution in [2.75, 3.05) is 26.9 Å². The summed E-state index contributed by atoms with van der Waals surface area (Å²) in [6.45, 7) is 3.38. The van der Waals surface area contributed by atoms with Crippen molar-refractivity contribution in [3.8, 4) is 11.4 Å². The van der Waals surface area contributed by atoms with E-state index in [2.05, 4.69) is 14.9 Å². The van der Waals surface area contributed by atoms with Crippen LogP contribution in [-0.2, 0) is 15.1 Å². The largest absolute Gasteiger partial charge is 0.495 e. The molecule has 1 unspecified atom stereocenters. The van der Waals surface area contributed by atoms with E-state index in [-0.39, 0.29) is 18.1 Å². The van der Waals surface area contributed by atoms with Crippen LogP contribution in [0.2, 0.25) is 0 Å². The molecule has 0 aliphatic carbocycles. The van der Waals surface area contributed by atoms with Crippen molar-refractivity contribution in [3.63, 3.8) is 0 Å². The van der Waals surface area contributed by atoms with Gasteiger partial charge in [-0.3, -0.25) is 4.79 Å². The molecule has 174 valence electrons. The van der Waals surface area contributed by atoms with Gasteiger partial charge in [0.15, 0.2) is 0 Å². The Morgan fingerprint density at radius 3 is 2.74 bits per heavy atom. The number of ether oxygens (including phenoxy) is 2. The first-order valence-electron chi connectivity index (χ1n) is 11.1. The van der Waals surface area contributed by atoms with Crippen LogP contribution >= 0.6 is 0 Å². The zero-order valence-electron chi connectivity index (χ0n) is 19.1. The molecule has 1 saturated heterocycles. The van der Waals surface area contributed by atoms with Gasteiger partial charge in [-0.05, 0) is 48.4 Å². The fourth-order valence-electron chi connectivity index (χ4n) is 4.61. The van der Waals surface area contributed by atoms with Gasteiger partial charge in [0.1, 0.15) is 17.4 Å². The average molecular weight is 461 g/mol. The summed E-state index contributed by atoms with van der Waals surface area (Å²) in [6.07, 6.45) is 7.62. The van der Waals surface area contributed by atoms with Gasteiger partial charge in [0, 0.05) is 12.7 Å². The standard InChI is InChI=1S/C26H25FN4O3/c1-18-15-30(17-28-18)22-9-3-19(13-23(22)33-2)4-10-24-29-25(32)14-26(16-34-12-11-31(24)26)20-5-7-21(27)8-6-20/h3-10,13,15,17H,11-12,14,16H2,1-2H3/b10-4+. The number of aromatic nitrogens is 2. The van der Waals surface area contributed by atoms with E-state index in [1.807, 2.05) is 48.0 Å². The SMILES string of the molecule is COc1cc(/C=C/C2=NC(=O)CC3(c4ccc(F)cc4)COCCN23)ccc1-n1cnc(C)c1. The minimum atomic E-state index is -0.703. The molecule has 1 fully saturated rings. The fourth-order valence-corrected chi connectivity index (χ4v) is 4.61. The number of morpholine rings is 1. The van der Waals surface area contributed by atoms with E-state index < -0.39 is 5.54 Å². The Morgan fingerprint density at radius 2 is 2.00 bits per heavy atom. The number of amides is 1. The highest BCUT2D eigenvalue weighted by atomic mass is 19.1. The van der Waals surface area contributed by atoms with E-state index in [1.165, 1.54) is 12.1 Å². The second-order valence-corrected chi connectivity index (χ2v) is 8.47. The third-order valence-corrected chi connectivity index (χ3v) is 6.28. The molecule has 3 aromatic rings. The van der Waals surface area contributed by atoms with Crippen molar-refractivity contribution in [2.45, 2.75) is 18.9 Å². The van der Waals surface area contributed by atoms with Gasteiger partial charge in [0.25, 0.3) is 0 Å². The number of imidazole rings is 1. The summed E-state index contributed by atoms with van der Waals surface area (Å²) < 4.78 is 26.9. The number of hydrogen-bond donors (Lipinski definition) is 0. The molecule has 5 rings (SSSR count). The molecule has 0 bridgehead atoms. The number of halogens is 1. The molecule has 34 heavy (non-hydrogen) atoms. The third-order valence-electron chi connectivity index (χ3n) is 6.28. The number of aliphatic imine (C=N–C) groups is 1. The average Bonchev–Trinajstić information content (AvgIpc) is 3.28. The monoisotopic (exact) mass is 460 g/mol. The van der Waals surface area contributed by atoms with Crippen molar-refractivity contribution in [1.82, 2.24) is 14.5 Å². The van der Waals surface area contributed by atoms with E-state index in [0.29, 0.717) is 31.3 Å². The summed E-state index contributed by atoms with van der Waals surface area (Å²) in [4.78, 5) is 23.4.